The predicted octanol–water partition coefficient (Wildman–Crippen LogP) is 0.763. The van der Waals surface area contributed by atoms with Crippen LogP contribution in [0.25, 0.3) is 0 Å². The van der Waals surface area contributed by atoms with Gasteiger partial charge in [-0.3, -0.25) is 4.79 Å². The van der Waals surface area contributed by atoms with Gasteiger partial charge in [-0.05, 0) is 31.4 Å². The SMILES string of the molecule is CSC1O[C@H]([C@H](NC(=O)[C@H]2NC[C@@H]3C=C(C#Cc4cccc(F)c4)CCO[C@@H]23)[C@H](C)Cl)C(O)C(O)[C@H]1O. The molecule has 3 aliphatic heterocycles. The average Bonchev–Trinajstić information content (AvgIpc) is 3.15. The molecule has 202 valence electrons. The van der Waals surface area contributed by atoms with Gasteiger partial charge in [0.1, 0.15) is 41.7 Å². The number of amides is 1. The van der Waals surface area contributed by atoms with Crippen LogP contribution in [0, 0.1) is 23.6 Å². The monoisotopic (exact) mass is 554 g/mol. The van der Waals surface area contributed by atoms with Crippen LogP contribution in [0.3, 0.4) is 0 Å². The van der Waals surface area contributed by atoms with Gasteiger partial charge in [0, 0.05) is 30.0 Å². The van der Waals surface area contributed by atoms with Crippen molar-refractivity contribution in [1.82, 2.24) is 10.6 Å². The van der Waals surface area contributed by atoms with Crippen molar-refractivity contribution in [2.75, 3.05) is 19.4 Å². The predicted molar refractivity (Wildman–Crippen MR) is 138 cm³/mol. The first-order chi connectivity index (χ1) is 17.7. The molecule has 0 spiro atoms. The summed E-state index contributed by atoms with van der Waals surface area (Å²) in [6, 6.07) is 4.59. The number of carbonyl (C=O) groups excluding carboxylic acids is 1. The maximum absolute atomic E-state index is 13.4. The second-order valence-electron chi connectivity index (χ2n) is 9.48. The molecule has 3 heterocycles. The minimum Gasteiger partial charge on any atom is -0.388 e. The van der Waals surface area contributed by atoms with E-state index in [0.717, 1.165) is 5.57 Å². The number of rotatable bonds is 5. The number of aliphatic hydroxyl groups excluding tert-OH is 3. The van der Waals surface area contributed by atoms with Crippen molar-refractivity contribution < 1.29 is 34.0 Å². The number of halogens is 2. The van der Waals surface area contributed by atoms with E-state index < -0.39 is 53.4 Å². The van der Waals surface area contributed by atoms with Gasteiger partial charge in [0.05, 0.1) is 24.1 Å². The Kier molecular flexibility index (Phi) is 9.53. The van der Waals surface area contributed by atoms with Gasteiger partial charge in [0.2, 0.25) is 5.91 Å². The van der Waals surface area contributed by atoms with Gasteiger partial charge in [0.15, 0.2) is 0 Å². The molecule has 37 heavy (non-hydrogen) atoms. The zero-order valence-electron chi connectivity index (χ0n) is 20.5. The molecule has 11 heteroatoms. The third-order valence-electron chi connectivity index (χ3n) is 6.89. The summed E-state index contributed by atoms with van der Waals surface area (Å²) in [5, 5.41) is 36.5. The first-order valence-corrected chi connectivity index (χ1v) is 13.9. The summed E-state index contributed by atoms with van der Waals surface area (Å²) >= 11 is 7.58. The van der Waals surface area contributed by atoms with E-state index in [9.17, 15) is 24.5 Å². The smallest absolute Gasteiger partial charge is 0.240 e. The van der Waals surface area contributed by atoms with Gasteiger partial charge in [-0.1, -0.05) is 24.0 Å². The van der Waals surface area contributed by atoms with Crippen LogP contribution in [0.4, 0.5) is 4.39 Å². The normalized spacial score (nSPS) is 35.3. The second kappa shape index (κ2) is 12.5. The molecule has 3 unspecified atom stereocenters. The van der Waals surface area contributed by atoms with E-state index in [1.54, 1.807) is 25.3 Å². The largest absolute Gasteiger partial charge is 0.388 e. The Balaban J connectivity index is 1.45. The lowest BCUT2D eigenvalue weighted by Crippen LogP contribution is -2.65. The first-order valence-electron chi connectivity index (χ1n) is 12.2. The third kappa shape index (κ3) is 6.49. The Morgan fingerprint density at radius 1 is 1.27 bits per heavy atom. The summed E-state index contributed by atoms with van der Waals surface area (Å²) < 4.78 is 25.3. The van der Waals surface area contributed by atoms with Crippen LogP contribution in [0.15, 0.2) is 35.9 Å². The van der Waals surface area contributed by atoms with E-state index in [-0.39, 0.29) is 17.6 Å². The minimum absolute atomic E-state index is 0.101. The molecule has 0 aliphatic carbocycles. The number of aliphatic hydroxyl groups is 3. The highest BCUT2D eigenvalue weighted by Crippen LogP contribution is 2.31. The first kappa shape index (κ1) is 28.3. The van der Waals surface area contributed by atoms with E-state index in [4.69, 9.17) is 21.1 Å². The lowest BCUT2D eigenvalue weighted by atomic mass is 9.92. The summed E-state index contributed by atoms with van der Waals surface area (Å²) in [7, 11) is 0. The zero-order chi connectivity index (χ0) is 26.7. The summed E-state index contributed by atoms with van der Waals surface area (Å²) in [6.07, 6.45) is -1.34. The maximum atomic E-state index is 13.4. The summed E-state index contributed by atoms with van der Waals surface area (Å²) in [6.45, 7) is 2.53. The van der Waals surface area contributed by atoms with Crippen LogP contribution in [-0.2, 0) is 14.3 Å². The number of ether oxygens (including phenoxy) is 2. The van der Waals surface area contributed by atoms with Crippen molar-refractivity contribution in [2.24, 2.45) is 5.92 Å². The Bertz CT molecular complexity index is 1060. The molecule has 10 atom stereocenters. The van der Waals surface area contributed by atoms with Gasteiger partial charge < -0.3 is 35.4 Å². The summed E-state index contributed by atoms with van der Waals surface area (Å²) in [5.41, 5.74) is 0.662. The van der Waals surface area contributed by atoms with Crippen molar-refractivity contribution in [2.45, 2.75) is 66.8 Å². The number of nitrogens with one attached hydrogen (secondary N) is 2. The fourth-order valence-corrected chi connectivity index (χ4v) is 5.79. The van der Waals surface area contributed by atoms with Crippen LogP contribution in [-0.4, -0.2) is 94.1 Å². The molecule has 2 fully saturated rings. The quantitative estimate of drug-likeness (QED) is 0.267. The molecule has 2 saturated heterocycles. The molecule has 8 nitrogen and oxygen atoms in total. The lowest BCUT2D eigenvalue weighted by Gasteiger charge is -2.44. The van der Waals surface area contributed by atoms with Gasteiger partial charge in [-0.2, -0.15) is 0 Å². The summed E-state index contributed by atoms with van der Waals surface area (Å²) in [5.74, 6) is 5.27. The Hall–Kier alpha value is -1.68. The highest BCUT2D eigenvalue weighted by molar-refractivity contribution is 7.99. The molecule has 0 radical (unpaired) electrons. The van der Waals surface area contributed by atoms with Crippen molar-refractivity contribution in [3.05, 3.63) is 47.3 Å². The molecule has 4 rings (SSSR count). The Labute approximate surface area is 224 Å². The second-order valence-corrected chi connectivity index (χ2v) is 11.1. The van der Waals surface area contributed by atoms with Crippen molar-refractivity contribution in [3.63, 3.8) is 0 Å². The van der Waals surface area contributed by atoms with Crippen LogP contribution < -0.4 is 10.6 Å². The van der Waals surface area contributed by atoms with Crippen molar-refractivity contribution in [1.29, 1.82) is 0 Å². The van der Waals surface area contributed by atoms with E-state index in [1.807, 2.05) is 6.08 Å². The molecule has 5 N–H and O–H groups in total. The summed E-state index contributed by atoms with van der Waals surface area (Å²) in [4.78, 5) is 13.3. The number of hydrogen-bond donors (Lipinski definition) is 5. The molecule has 0 aromatic heterocycles. The molecular formula is C26H32ClFN2O6S. The van der Waals surface area contributed by atoms with Gasteiger partial charge in [-0.15, -0.1) is 23.4 Å². The number of thioether (sulfide) groups is 1. The lowest BCUT2D eigenvalue weighted by molar-refractivity contribution is -0.205. The highest BCUT2D eigenvalue weighted by Gasteiger charge is 2.49. The molecule has 1 aromatic carbocycles. The fourth-order valence-electron chi connectivity index (χ4n) is 4.91. The molecule has 0 bridgehead atoms. The van der Waals surface area contributed by atoms with Gasteiger partial charge in [-0.25, -0.2) is 4.39 Å². The maximum Gasteiger partial charge on any atom is 0.240 e. The van der Waals surface area contributed by atoms with Crippen molar-refractivity contribution in [3.8, 4) is 11.8 Å². The van der Waals surface area contributed by atoms with Gasteiger partial charge >= 0.3 is 0 Å². The number of benzene rings is 1. The fraction of sp³-hybridized carbons (Fsp3) is 0.577. The molecule has 0 saturated carbocycles. The van der Waals surface area contributed by atoms with Crippen LogP contribution in [0.2, 0.25) is 0 Å². The van der Waals surface area contributed by atoms with E-state index in [2.05, 4.69) is 22.5 Å². The molecule has 3 aliphatic rings. The average molecular weight is 555 g/mol. The number of fused-ring (bicyclic) bond motifs is 1. The number of alkyl halides is 1. The highest BCUT2D eigenvalue weighted by atomic mass is 35.5. The minimum atomic E-state index is -1.44. The Morgan fingerprint density at radius 2 is 2.05 bits per heavy atom. The molecular weight excluding hydrogens is 523 g/mol. The zero-order valence-corrected chi connectivity index (χ0v) is 22.1. The van der Waals surface area contributed by atoms with Crippen LogP contribution >= 0.6 is 23.4 Å². The Morgan fingerprint density at radius 3 is 2.76 bits per heavy atom. The molecule has 1 amide bonds. The standard InChI is InChI=1S/C26H32ClFN2O6S/c1-13(27)18(24-21(32)20(31)22(33)26(36-24)37-2)30-25(34)19-23-16(12-29-19)10-15(8-9-35-23)7-6-14-4-3-5-17(28)11-14/h3-5,10-11,13,16,18-24,26,29,31-33H,8-9,12H2,1-2H3,(H,30,34)/t13-,16-,18+,19-,20?,21?,22+,23+,24+,26?/m0/s1. The van der Waals surface area contributed by atoms with E-state index in [1.165, 1.54) is 23.9 Å². The van der Waals surface area contributed by atoms with E-state index in [0.29, 0.717) is 25.1 Å². The van der Waals surface area contributed by atoms with Gasteiger partial charge in [0.25, 0.3) is 0 Å². The number of hydrogen-bond acceptors (Lipinski definition) is 8. The number of carbonyl (C=O) groups is 1. The topological polar surface area (TPSA) is 120 Å². The van der Waals surface area contributed by atoms with Crippen LogP contribution in [0.1, 0.15) is 18.9 Å². The van der Waals surface area contributed by atoms with E-state index >= 15 is 0 Å². The third-order valence-corrected chi connectivity index (χ3v) is 8.02. The molecule has 1 aromatic rings. The van der Waals surface area contributed by atoms with Crippen LogP contribution in [0.5, 0.6) is 0 Å². The van der Waals surface area contributed by atoms with Crippen molar-refractivity contribution >= 4 is 29.3 Å².